The molecule has 0 aromatic heterocycles. The lowest BCUT2D eigenvalue weighted by Crippen LogP contribution is -2.42. The number of nitrogens with zero attached hydrogens (tertiary/aromatic N) is 1. The smallest absolute Gasteiger partial charge is 0.348 e. The zero-order chi connectivity index (χ0) is 22.4. The van der Waals surface area contributed by atoms with Crippen LogP contribution in [0.4, 0.5) is 0 Å². The van der Waals surface area contributed by atoms with E-state index in [0.717, 1.165) is 11.1 Å². The van der Waals surface area contributed by atoms with Crippen LogP contribution >= 0.6 is 11.8 Å². The van der Waals surface area contributed by atoms with Gasteiger partial charge >= 0.3 is 5.97 Å². The van der Waals surface area contributed by atoms with Crippen LogP contribution in [0.5, 0.6) is 0 Å². The van der Waals surface area contributed by atoms with Crippen molar-refractivity contribution in [3.05, 3.63) is 82.5 Å². The molecule has 0 radical (unpaired) electrons. The van der Waals surface area contributed by atoms with Crippen molar-refractivity contribution in [1.82, 2.24) is 4.90 Å². The first-order chi connectivity index (χ1) is 15.6. The summed E-state index contributed by atoms with van der Waals surface area (Å²) in [6.45, 7) is 2.22. The zero-order valence-electron chi connectivity index (χ0n) is 17.9. The average molecular weight is 454 g/mol. The van der Waals surface area contributed by atoms with Crippen LogP contribution in [0.15, 0.2) is 71.3 Å². The van der Waals surface area contributed by atoms with Gasteiger partial charge in [-0.2, -0.15) is 0 Å². The van der Waals surface area contributed by atoms with Crippen molar-refractivity contribution < 1.29 is 24.2 Å². The molecular formula is C25H27NO5S. The molecule has 1 fully saturated rings. The minimum absolute atomic E-state index is 0.00683. The van der Waals surface area contributed by atoms with Gasteiger partial charge in [0.1, 0.15) is 16.3 Å². The van der Waals surface area contributed by atoms with Crippen LogP contribution in [-0.4, -0.2) is 48.2 Å². The maximum Gasteiger partial charge on any atom is 0.348 e. The van der Waals surface area contributed by atoms with Gasteiger partial charge in [0.25, 0.3) is 0 Å². The number of benzene rings is 2. The van der Waals surface area contributed by atoms with Crippen LogP contribution in [0.25, 0.3) is 0 Å². The van der Waals surface area contributed by atoms with Gasteiger partial charge in [-0.05, 0) is 11.1 Å². The van der Waals surface area contributed by atoms with E-state index in [1.807, 2.05) is 60.7 Å². The van der Waals surface area contributed by atoms with Gasteiger partial charge in [0.15, 0.2) is 0 Å². The van der Waals surface area contributed by atoms with Gasteiger partial charge in [-0.15, -0.1) is 11.8 Å². The summed E-state index contributed by atoms with van der Waals surface area (Å²) in [6.07, 6.45) is 0.678. The predicted octanol–water partition coefficient (Wildman–Crippen LogP) is 4.17. The van der Waals surface area contributed by atoms with E-state index in [1.54, 1.807) is 4.90 Å². The number of rotatable bonds is 7. The van der Waals surface area contributed by atoms with E-state index in [2.05, 4.69) is 0 Å². The first-order valence-corrected chi connectivity index (χ1v) is 11.8. The Morgan fingerprint density at radius 1 is 1.03 bits per heavy atom. The van der Waals surface area contributed by atoms with E-state index in [4.69, 9.17) is 9.47 Å². The van der Waals surface area contributed by atoms with Crippen molar-refractivity contribution >= 4 is 23.6 Å². The summed E-state index contributed by atoms with van der Waals surface area (Å²) in [5.41, 5.74) is 0.768. The van der Waals surface area contributed by atoms with Crippen LogP contribution in [0.2, 0.25) is 0 Å². The molecule has 1 N–H and O–H groups in total. The fourth-order valence-electron chi connectivity index (χ4n) is 4.07. The number of carbonyl (C=O) groups is 2. The fourth-order valence-corrected chi connectivity index (χ4v) is 4.97. The lowest BCUT2D eigenvalue weighted by molar-refractivity contribution is -0.162. The van der Waals surface area contributed by atoms with Crippen molar-refractivity contribution in [2.24, 2.45) is 0 Å². The number of aliphatic hydroxyl groups is 1. The highest BCUT2D eigenvalue weighted by atomic mass is 32.2. The van der Waals surface area contributed by atoms with Crippen LogP contribution in [0.1, 0.15) is 30.4 Å². The Labute approximate surface area is 192 Å². The average Bonchev–Trinajstić information content (AvgIpc) is 2.84. The molecule has 6 nitrogen and oxygen atoms in total. The lowest BCUT2D eigenvalue weighted by Gasteiger charge is -2.38. The Hall–Kier alpha value is -2.77. The van der Waals surface area contributed by atoms with Crippen LogP contribution in [0.3, 0.4) is 0 Å². The van der Waals surface area contributed by atoms with E-state index < -0.39 is 11.6 Å². The molecule has 1 saturated heterocycles. The molecule has 1 unspecified atom stereocenters. The van der Waals surface area contributed by atoms with Gasteiger partial charge in [0.2, 0.25) is 5.91 Å². The number of aliphatic hydroxyl groups excluding tert-OH is 1. The molecule has 0 saturated carbocycles. The fraction of sp³-hybridized carbons (Fsp3) is 0.360. The maximum atomic E-state index is 13.0. The SMILES string of the molecule is O=C1OC(CCC(=O)N2CCOCC2)(c2ccccc2)CC(O)=C1SCc1ccccc1. The molecule has 2 aliphatic heterocycles. The van der Waals surface area contributed by atoms with E-state index in [0.29, 0.717) is 38.5 Å². The maximum absolute atomic E-state index is 13.0. The topological polar surface area (TPSA) is 76.1 Å². The van der Waals surface area contributed by atoms with E-state index in [-0.39, 0.29) is 29.4 Å². The van der Waals surface area contributed by atoms with Gasteiger partial charge in [-0.25, -0.2) is 4.79 Å². The molecule has 2 aromatic carbocycles. The standard InChI is InChI=1S/C25H27NO5S/c27-21-17-25(20-9-5-2-6-10-20,12-11-22(28)26-13-15-30-16-14-26)31-24(29)23(21)32-18-19-7-3-1-4-8-19/h1-10,27H,11-18H2. The Morgan fingerprint density at radius 2 is 1.69 bits per heavy atom. The lowest BCUT2D eigenvalue weighted by atomic mass is 9.83. The molecule has 168 valence electrons. The quantitative estimate of drug-likeness (QED) is 0.634. The van der Waals surface area contributed by atoms with E-state index in [1.165, 1.54) is 11.8 Å². The molecule has 2 aromatic rings. The first kappa shape index (κ1) is 22.4. The molecule has 32 heavy (non-hydrogen) atoms. The third-order valence-electron chi connectivity index (χ3n) is 5.82. The summed E-state index contributed by atoms with van der Waals surface area (Å²) < 4.78 is 11.3. The summed E-state index contributed by atoms with van der Waals surface area (Å²) in [7, 11) is 0. The number of hydrogen-bond acceptors (Lipinski definition) is 6. The minimum Gasteiger partial charge on any atom is -0.511 e. The summed E-state index contributed by atoms with van der Waals surface area (Å²) in [5, 5.41) is 10.9. The number of ether oxygens (including phenoxy) is 2. The molecule has 0 bridgehead atoms. The van der Waals surface area contributed by atoms with Crippen molar-refractivity contribution in [3.8, 4) is 0 Å². The van der Waals surface area contributed by atoms with Crippen LogP contribution < -0.4 is 0 Å². The second-order valence-electron chi connectivity index (χ2n) is 7.97. The zero-order valence-corrected chi connectivity index (χ0v) is 18.7. The third kappa shape index (κ3) is 5.16. The molecule has 1 atom stereocenters. The number of thioether (sulfide) groups is 1. The minimum atomic E-state index is -1.07. The molecule has 2 heterocycles. The van der Waals surface area contributed by atoms with Crippen LogP contribution in [-0.2, 0) is 30.4 Å². The van der Waals surface area contributed by atoms with Gasteiger partial charge in [0, 0.05) is 31.7 Å². The summed E-state index contributed by atoms with van der Waals surface area (Å²) in [6, 6.07) is 19.1. The monoisotopic (exact) mass is 453 g/mol. The number of esters is 1. The predicted molar refractivity (Wildman–Crippen MR) is 123 cm³/mol. The number of morpholine rings is 1. The second kappa shape index (κ2) is 10.2. The third-order valence-corrected chi connectivity index (χ3v) is 6.99. The van der Waals surface area contributed by atoms with Crippen molar-refractivity contribution in [2.45, 2.75) is 30.6 Å². The van der Waals surface area contributed by atoms with E-state index in [9.17, 15) is 14.7 Å². The Balaban J connectivity index is 1.52. The Bertz CT molecular complexity index is 972. The van der Waals surface area contributed by atoms with Crippen molar-refractivity contribution in [2.75, 3.05) is 26.3 Å². The number of cyclic esters (lactones) is 1. The Kier molecular flexibility index (Phi) is 7.17. The summed E-state index contributed by atoms with van der Waals surface area (Å²) in [5.74, 6) is 0.0398. The van der Waals surface area contributed by atoms with Crippen LogP contribution in [0, 0.1) is 0 Å². The second-order valence-corrected chi connectivity index (χ2v) is 8.96. The normalized spacial score (nSPS) is 21.4. The van der Waals surface area contributed by atoms with Gasteiger partial charge in [-0.3, -0.25) is 4.79 Å². The molecule has 2 aliphatic rings. The van der Waals surface area contributed by atoms with Crippen molar-refractivity contribution in [3.63, 3.8) is 0 Å². The summed E-state index contributed by atoms with van der Waals surface area (Å²) in [4.78, 5) is 27.8. The molecule has 0 spiro atoms. The van der Waals surface area contributed by atoms with Crippen molar-refractivity contribution in [1.29, 1.82) is 0 Å². The molecule has 4 rings (SSSR count). The highest BCUT2D eigenvalue weighted by Crippen LogP contribution is 2.44. The van der Waals surface area contributed by atoms with E-state index >= 15 is 0 Å². The number of hydrogen-bond donors (Lipinski definition) is 1. The van der Waals surface area contributed by atoms with Gasteiger partial charge < -0.3 is 19.5 Å². The Morgan fingerprint density at radius 3 is 2.34 bits per heavy atom. The molecule has 7 heteroatoms. The molecular weight excluding hydrogens is 426 g/mol. The molecule has 1 amide bonds. The highest BCUT2D eigenvalue weighted by Gasteiger charge is 2.44. The first-order valence-electron chi connectivity index (χ1n) is 10.8. The summed E-state index contributed by atoms with van der Waals surface area (Å²) >= 11 is 1.28. The highest BCUT2D eigenvalue weighted by molar-refractivity contribution is 8.03. The number of carbonyl (C=O) groups excluding carboxylic acids is 2. The van der Waals surface area contributed by atoms with Gasteiger partial charge in [-0.1, -0.05) is 60.7 Å². The largest absolute Gasteiger partial charge is 0.511 e. The molecule has 0 aliphatic carbocycles. The number of amides is 1. The van der Waals surface area contributed by atoms with Gasteiger partial charge in [0.05, 0.1) is 19.6 Å².